The SMILES string of the molecule is COC1=C[C@]23[C@H](C)CC[C@H]2[C@@H](c2ccc(Cl)cc2)C[C@]3(O)C1=O. The zero-order chi connectivity index (χ0) is 16.4. The summed E-state index contributed by atoms with van der Waals surface area (Å²) in [4.78, 5) is 12.8. The highest BCUT2D eigenvalue weighted by atomic mass is 35.5. The van der Waals surface area contributed by atoms with Crippen LogP contribution >= 0.6 is 11.6 Å². The number of aliphatic hydroxyl groups is 1. The summed E-state index contributed by atoms with van der Waals surface area (Å²) in [6.45, 7) is 2.15. The number of ether oxygens (including phenoxy) is 1. The Morgan fingerprint density at radius 3 is 2.61 bits per heavy atom. The second kappa shape index (κ2) is 4.84. The van der Waals surface area contributed by atoms with Crippen LogP contribution in [0.1, 0.15) is 37.7 Å². The Morgan fingerprint density at radius 2 is 1.96 bits per heavy atom. The minimum Gasteiger partial charge on any atom is -0.493 e. The van der Waals surface area contributed by atoms with E-state index in [0.29, 0.717) is 17.2 Å². The zero-order valence-corrected chi connectivity index (χ0v) is 14.1. The van der Waals surface area contributed by atoms with Gasteiger partial charge in [0.2, 0.25) is 5.78 Å². The quantitative estimate of drug-likeness (QED) is 0.898. The maximum absolute atomic E-state index is 12.8. The Hall–Kier alpha value is -1.32. The van der Waals surface area contributed by atoms with Crippen molar-refractivity contribution in [2.75, 3.05) is 7.11 Å². The van der Waals surface area contributed by atoms with Crippen LogP contribution in [0.5, 0.6) is 0 Å². The first-order chi connectivity index (χ1) is 10.9. The van der Waals surface area contributed by atoms with Gasteiger partial charge in [0, 0.05) is 10.4 Å². The number of hydrogen-bond donors (Lipinski definition) is 1. The lowest BCUT2D eigenvalue weighted by Crippen LogP contribution is -2.49. The molecule has 2 saturated carbocycles. The molecule has 122 valence electrons. The summed E-state index contributed by atoms with van der Waals surface area (Å²) in [5.74, 6) is 0.809. The summed E-state index contributed by atoms with van der Waals surface area (Å²) in [6, 6.07) is 7.83. The molecule has 0 bridgehead atoms. The van der Waals surface area contributed by atoms with E-state index in [-0.39, 0.29) is 23.5 Å². The Balaban J connectivity index is 1.84. The smallest absolute Gasteiger partial charge is 0.229 e. The van der Waals surface area contributed by atoms with E-state index in [2.05, 4.69) is 6.92 Å². The predicted molar refractivity (Wildman–Crippen MR) is 88.2 cm³/mol. The fourth-order valence-corrected chi connectivity index (χ4v) is 5.64. The van der Waals surface area contributed by atoms with E-state index in [1.165, 1.54) is 7.11 Å². The number of methoxy groups -OCH3 is 1. The van der Waals surface area contributed by atoms with E-state index in [1.54, 1.807) is 0 Å². The van der Waals surface area contributed by atoms with Gasteiger partial charge in [-0.1, -0.05) is 30.7 Å². The minimum absolute atomic E-state index is 0.181. The molecule has 0 radical (unpaired) electrons. The van der Waals surface area contributed by atoms with Crippen LogP contribution in [0.15, 0.2) is 36.1 Å². The van der Waals surface area contributed by atoms with Gasteiger partial charge in [0.15, 0.2) is 5.76 Å². The van der Waals surface area contributed by atoms with Gasteiger partial charge in [-0.15, -0.1) is 0 Å². The Kier molecular flexibility index (Phi) is 3.20. The van der Waals surface area contributed by atoms with Crippen LogP contribution in [-0.2, 0) is 9.53 Å². The van der Waals surface area contributed by atoms with Gasteiger partial charge in [-0.05, 0) is 60.8 Å². The molecule has 0 heterocycles. The van der Waals surface area contributed by atoms with E-state index >= 15 is 0 Å². The molecule has 0 aromatic heterocycles. The van der Waals surface area contributed by atoms with E-state index in [1.807, 2.05) is 30.3 Å². The van der Waals surface area contributed by atoms with Crippen LogP contribution in [0.25, 0.3) is 0 Å². The number of ketones is 1. The van der Waals surface area contributed by atoms with Crippen molar-refractivity contribution in [3.05, 3.63) is 46.7 Å². The number of rotatable bonds is 2. The summed E-state index contributed by atoms with van der Waals surface area (Å²) in [5, 5.41) is 12.1. The Bertz CT molecular complexity index is 695. The molecule has 5 atom stereocenters. The standard InChI is InChI=1S/C19H21ClO3/c1-11-3-8-15-14(12-4-6-13(20)7-5-12)9-19(22)17(21)16(23-2)10-18(11,15)19/h4-7,10-11,14-15,22H,3,8-9H2,1-2H3/t11-,14-,15+,18+,19+/m1/s1. The molecule has 0 amide bonds. The number of carbonyl (C=O) groups excluding carboxylic acids is 1. The topological polar surface area (TPSA) is 46.5 Å². The van der Waals surface area contributed by atoms with Crippen molar-refractivity contribution in [1.82, 2.24) is 0 Å². The molecule has 23 heavy (non-hydrogen) atoms. The molecule has 3 aliphatic carbocycles. The van der Waals surface area contributed by atoms with Gasteiger partial charge in [0.05, 0.1) is 7.11 Å². The van der Waals surface area contributed by atoms with Crippen LogP contribution in [0, 0.1) is 17.3 Å². The summed E-state index contributed by atoms with van der Waals surface area (Å²) in [7, 11) is 1.51. The number of hydrogen-bond acceptors (Lipinski definition) is 3. The molecule has 0 unspecified atom stereocenters. The second-order valence-electron chi connectivity index (χ2n) is 7.28. The average Bonchev–Trinajstić information content (AvgIpc) is 3.07. The molecule has 4 rings (SSSR count). The third-order valence-corrected chi connectivity index (χ3v) is 6.80. The molecule has 1 aromatic carbocycles. The number of Topliss-reactive ketones (excluding diaryl/α,β-unsaturated/α-hetero) is 1. The van der Waals surface area contributed by atoms with Crippen molar-refractivity contribution in [3.63, 3.8) is 0 Å². The number of benzene rings is 1. The molecular formula is C19H21ClO3. The molecule has 1 aromatic rings. The average molecular weight is 333 g/mol. The lowest BCUT2D eigenvalue weighted by atomic mass is 9.67. The number of carbonyl (C=O) groups is 1. The van der Waals surface area contributed by atoms with Crippen molar-refractivity contribution < 1.29 is 14.6 Å². The van der Waals surface area contributed by atoms with Gasteiger partial charge < -0.3 is 9.84 Å². The van der Waals surface area contributed by atoms with Crippen molar-refractivity contribution in [1.29, 1.82) is 0 Å². The summed E-state index contributed by atoms with van der Waals surface area (Å²) >= 11 is 6.01. The highest BCUT2D eigenvalue weighted by molar-refractivity contribution is 6.30. The third-order valence-electron chi connectivity index (χ3n) is 6.54. The molecule has 2 fully saturated rings. The normalized spacial score (nSPS) is 41.7. The minimum atomic E-state index is -1.33. The van der Waals surface area contributed by atoms with Gasteiger partial charge in [-0.3, -0.25) is 4.79 Å². The molecule has 1 N–H and O–H groups in total. The summed E-state index contributed by atoms with van der Waals surface area (Å²) in [6.07, 6.45) is 4.45. The van der Waals surface area contributed by atoms with E-state index in [9.17, 15) is 9.90 Å². The predicted octanol–water partition coefficient (Wildman–Crippen LogP) is 3.70. The number of halogens is 1. The second-order valence-corrected chi connectivity index (χ2v) is 7.72. The fraction of sp³-hybridized carbons (Fsp3) is 0.526. The zero-order valence-electron chi connectivity index (χ0n) is 13.4. The monoisotopic (exact) mass is 332 g/mol. The van der Waals surface area contributed by atoms with E-state index in [0.717, 1.165) is 18.4 Å². The molecular weight excluding hydrogens is 312 g/mol. The molecule has 4 heteroatoms. The van der Waals surface area contributed by atoms with Crippen LogP contribution in [0.2, 0.25) is 5.02 Å². The lowest BCUT2D eigenvalue weighted by Gasteiger charge is -2.38. The van der Waals surface area contributed by atoms with Gasteiger partial charge in [0.25, 0.3) is 0 Å². The van der Waals surface area contributed by atoms with Crippen LogP contribution in [0.3, 0.4) is 0 Å². The van der Waals surface area contributed by atoms with Gasteiger partial charge in [-0.25, -0.2) is 0 Å². The van der Waals surface area contributed by atoms with Crippen molar-refractivity contribution in [3.8, 4) is 0 Å². The molecule has 1 spiro atoms. The maximum atomic E-state index is 12.8. The largest absolute Gasteiger partial charge is 0.493 e. The molecule has 3 aliphatic rings. The van der Waals surface area contributed by atoms with Crippen molar-refractivity contribution >= 4 is 17.4 Å². The van der Waals surface area contributed by atoms with Crippen molar-refractivity contribution in [2.45, 2.75) is 37.7 Å². The van der Waals surface area contributed by atoms with Gasteiger partial charge in [-0.2, -0.15) is 0 Å². The highest BCUT2D eigenvalue weighted by Crippen LogP contribution is 2.70. The maximum Gasteiger partial charge on any atom is 0.229 e. The Labute approximate surface area is 141 Å². The first kappa shape index (κ1) is 15.2. The van der Waals surface area contributed by atoms with Crippen LogP contribution < -0.4 is 0 Å². The Morgan fingerprint density at radius 1 is 1.26 bits per heavy atom. The molecule has 3 nitrogen and oxygen atoms in total. The van der Waals surface area contributed by atoms with E-state index < -0.39 is 11.0 Å². The molecule has 0 aliphatic heterocycles. The summed E-state index contributed by atoms with van der Waals surface area (Å²) in [5.41, 5.74) is -0.654. The first-order valence-corrected chi connectivity index (χ1v) is 8.61. The fourth-order valence-electron chi connectivity index (χ4n) is 5.51. The van der Waals surface area contributed by atoms with Gasteiger partial charge >= 0.3 is 0 Å². The molecule has 0 saturated heterocycles. The highest BCUT2D eigenvalue weighted by Gasteiger charge is 2.73. The van der Waals surface area contributed by atoms with Crippen LogP contribution in [-0.4, -0.2) is 23.6 Å². The van der Waals surface area contributed by atoms with Crippen LogP contribution in [0.4, 0.5) is 0 Å². The third kappa shape index (κ3) is 1.72. The first-order valence-electron chi connectivity index (χ1n) is 8.23. The van der Waals surface area contributed by atoms with Gasteiger partial charge in [0.1, 0.15) is 5.60 Å². The van der Waals surface area contributed by atoms with E-state index in [4.69, 9.17) is 16.3 Å². The lowest BCUT2D eigenvalue weighted by molar-refractivity contribution is -0.144. The van der Waals surface area contributed by atoms with Crippen molar-refractivity contribution in [2.24, 2.45) is 17.3 Å². The summed E-state index contributed by atoms with van der Waals surface area (Å²) < 4.78 is 5.27.